The fourth-order valence-corrected chi connectivity index (χ4v) is 1.24. The minimum absolute atomic E-state index is 0.107. The summed E-state index contributed by atoms with van der Waals surface area (Å²) in [6, 6.07) is 3.40. The predicted molar refractivity (Wildman–Crippen MR) is 57.1 cm³/mol. The molecule has 7 heteroatoms. The van der Waals surface area contributed by atoms with Gasteiger partial charge in [0, 0.05) is 5.56 Å². The zero-order valence-electron chi connectivity index (χ0n) is 8.74. The molecule has 0 aliphatic heterocycles. The lowest BCUT2D eigenvalue weighted by molar-refractivity contribution is 0.237. The van der Waals surface area contributed by atoms with Crippen molar-refractivity contribution in [1.29, 1.82) is 0 Å². The summed E-state index contributed by atoms with van der Waals surface area (Å²) in [5.41, 5.74) is 5.98. The summed E-state index contributed by atoms with van der Waals surface area (Å²) >= 11 is 0. The van der Waals surface area contributed by atoms with E-state index in [9.17, 15) is 5.11 Å². The highest BCUT2D eigenvalue weighted by molar-refractivity contribution is 5.59. The first-order valence-corrected chi connectivity index (χ1v) is 4.84. The molecule has 2 aromatic rings. The Morgan fingerprint density at radius 3 is 2.71 bits per heavy atom. The molecule has 0 spiro atoms. The van der Waals surface area contributed by atoms with Gasteiger partial charge in [0.1, 0.15) is 6.04 Å². The molecular weight excluding hydrogens is 226 g/mol. The van der Waals surface area contributed by atoms with Gasteiger partial charge >= 0.3 is 0 Å². The van der Waals surface area contributed by atoms with Crippen LogP contribution in [0, 0.1) is 0 Å². The molecule has 17 heavy (non-hydrogen) atoms. The van der Waals surface area contributed by atoms with E-state index in [1.807, 2.05) is 0 Å². The van der Waals surface area contributed by atoms with Gasteiger partial charge in [-0.15, -0.1) is 0 Å². The number of hydrogen-bond acceptors (Lipinski definition) is 7. The maximum absolute atomic E-state index is 9.32. The Labute approximate surface area is 96.1 Å². The number of phenolic OH excluding ortho intramolecular Hbond substituents is 2. The first-order valence-electron chi connectivity index (χ1n) is 4.84. The number of aromatic hydroxyl groups is 2. The van der Waals surface area contributed by atoms with Crippen molar-refractivity contribution in [3.63, 3.8) is 0 Å². The van der Waals surface area contributed by atoms with Gasteiger partial charge < -0.3 is 25.6 Å². The Balaban J connectivity index is 2.33. The molecule has 2 rings (SSSR count). The largest absolute Gasteiger partial charge is 0.504 e. The Hall–Kier alpha value is -2.12. The topological polar surface area (TPSA) is 126 Å². The fraction of sp³-hybridized carbons (Fsp3) is 0.200. The molecule has 0 radical (unpaired) electrons. The second kappa shape index (κ2) is 4.40. The highest BCUT2D eigenvalue weighted by Crippen LogP contribution is 2.29. The molecule has 1 atom stereocenters. The van der Waals surface area contributed by atoms with Gasteiger partial charge in [0.15, 0.2) is 11.5 Å². The summed E-state index contributed by atoms with van der Waals surface area (Å²) in [5.74, 6) is -0.181. The van der Waals surface area contributed by atoms with Crippen molar-refractivity contribution in [3.05, 3.63) is 24.1 Å². The Morgan fingerprint density at radius 2 is 2.06 bits per heavy atom. The monoisotopic (exact) mass is 237 g/mol. The van der Waals surface area contributed by atoms with Crippen molar-refractivity contribution in [3.8, 4) is 22.9 Å². The maximum Gasteiger partial charge on any atom is 0.246 e. The highest BCUT2D eigenvalue weighted by Gasteiger charge is 2.15. The van der Waals surface area contributed by atoms with Gasteiger partial charge in [-0.3, -0.25) is 0 Å². The number of rotatable bonds is 3. The SMILES string of the molecule is N[C@H](CO)c1nc(-c2ccc(O)c(O)c2)no1. The van der Waals surface area contributed by atoms with Crippen molar-refractivity contribution in [2.24, 2.45) is 5.73 Å². The minimum Gasteiger partial charge on any atom is -0.504 e. The van der Waals surface area contributed by atoms with Gasteiger partial charge in [-0.2, -0.15) is 4.98 Å². The van der Waals surface area contributed by atoms with Crippen LogP contribution in [0.15, 0.2) is 22.7 Å². The van der Waals surface area contributed by atoms with Crippen molar-refractivity contribution in [2.75, 3.05) is 6.61 Å². The lowest BCUT2D eigenvalue weighted by Gasteiger charge is -1.99. The third kappa shape index (κ3) is 2.19. The first kappa shape index (κ1) is 11.4. The van der Waals surface area contributed by atoms with Crippen molar-refractivity contribution < 1.29 is 19.8 Å². The Kier molecular flexibility index (Phi) is 2.94. The maximum atomic E-state index is 9.32. The molecule has 7 nitrogen and oxygen atoms in total. The molecule has 0 aliphatic carbocycles. The molecule has 0 aliphatic rings. The van der Waals surface area contributed by atoms with Crippen LogP contribution in [-0.2, 0) is 0 Å². The normalized spacial score (nSPS) is 12.6. The molecule has 1 aromatic heterocycles. The van der Waals surface area contributed by atoms with E-state index in [1.165, 1.54) is 18.2 Å². The van der Waals surface area contributed by atoms with Crippen molar-refractivity contribution in [2.45, 2.75) is 6.04 Å². The number of aliphatic hydroxyl groups is 1. The van der Waals surface area contributed by atoms with Crippen LogP contribution in [0.4, 0.5) is 0 Å². The zero-order valence-corrected chi connectivity index (χ0v) is 8.74. The molecule has 0 saturated heterocycles. The number of benzene rings is 1. The van der Waals surface area contributed by atoms with Gasteiger partial charge in [0.2, 0.25) is 11.7 Å². The molecule has 0 saturated carbocycles. The van der Waals surface area contributed by atoms with Crippen LogP contribution in [0.25, 0.3) is 11.4 Å². The molecule has 5 N–H and O–H groups in total. The van der Waals surface area contributed by atoms with Crippen LogP contribution in [-0.4, -0.2) is 32.1 Å². The lowest BCUT2D eigenvalue weighted by Crippen LogP contribution is -2.14. The number of nitrogens with two attached hydrogens (primary N) is 1. The van der Waals surface area contributed by atoms with E-state index in [4.69, 9.17) is 20.5 Å². The number of hydrogen-bond donors (Lipinski definition) is 4. The van der Waals surface area contributed by atoms with Crippen LogP contribution in [0.2, 0.25) is 0 Å². The highest BCUT2D eigenvalue weighted by atomic mass is 16.5. The summed E-state index contributed by atoms with van der Waals surface area (Å²) in [5, 5.41) is 31.0. The van der Waals surface area contributed by atoms with Gasteiger partial charge in [-0.05, 0) is 18.2 Å². The molecule has 0 bridgehead atoms. The van der Waals surface area contributed by atoms with Crippen LogP contribution in [0.1, 0.15) is 11.9 Å². The smallest absolute Gasteiger partial charge is 0.246 e. The second-order valence-corrected chi connectivity index (χ2v) is 3.45. The van der Waals surface area contributed by atoms with E-state index in [2.05, 4.69) is 10.1 Å². The summed E-state index contributed by atoms with van der Waals surface area (Å²) in [6.07, 6.45) is 0. The average molecular weight is 237 g/mol. The Morgan fingerprint density at radius 1 is 1.29 bits per heavy atom. The third-order valence-electron chi connectivity index (χ3n) is 2.19. The standard InChI is InChI=1S/C10H11N3O4/c11-6(4-14)10-12-9(13-17-10)5-1-2-7(15)8(16)3-5/h1-3,6,14-16H,4,11H2/t6-/m1/s1. The summed E-state index contributed by atoms with van der Waals surface area (Å²) in [4.78, 5) is 3.97. The fourth-order valence-electron chi connectivity index (χ4n) is 1.24. The van der Waals surface area contributed by atoms with E-state index >= 15 is 0 Å². The molecule has 0 fully saturated rings. The summed E-state index contributed by atoms with van der Waals surface area (Å²) in [7, 11) is 0. The van der Waals surface area contributed by atoms with Gasteiger partial charge in [-0.1, -0.05) is 5.16 Å². The predicted octanol–water partition coefficient (Wildman–Crippen LogP) is 0.140. The minimum atomic E-state index is -0.734. The average Bonchev–Trinajstić information content (AvgIpc) is 2.81. The zero-order chi connectivity index (χ0) is 12.4. The Bertz CT molecular complexity index is 526. The molecule has 0 unspecified atom stereocenters. The van der Waals surface area contributed by atoms with Crippen LogP contribution in [0.3, 0.4) is 0 Å². The number of phenols is 2. The molecule has 90 valence electrons. The van der Waals surface area contributed by atoms with E-state index in [-0.39, 0.29) is 29.8 Å². The van der Waals surface area contributed by atoms with Crippen LogP contribution < -0.4 is 5.73 Å². The van der Waals surface area contributed by atoms with E-state index in [0.29, 0.717) is 5.56 Å². The number of nitrogens with zero attached hydrogens (tertiary/aromatic N) is 2. The summed E-state index contributed by atoms with van der Waals surface area (Å²) < 4.78 is 4.85. The molecule has 1 heterocycles. The first-order chi connectivity index (χ1) is 8.11. The van der Waals surface area contributed by atoms with Crippen molar-refractivity contribution >= 4 is 0 Å². The number of aliphatic hydroxyl groups excluding tert-OH is 1. The summed E-state index contributed by atoms with van der Waals surface area (Å²) in [6.45, 7) is -0.303. The van der Waals surface area contributed by atoms with Crippen LogP contribution in [0.5, 0.6) is 11.5 Å². The number of aromatic nitrogens is 2. The molecular formula is C10H11N3O4. The van der Waals surface area contributed by atoms with E-state index < -0.39 is 6.04 Å². The molecule has 0 amide bonds. The second-order valence-electron chi connectivity index (χ2n) is 3.45. The quantitative estimate of drug-likeness (QED) is 0.559. The third-order valence-corrected chi connectivity index (χ3v) is 2.19. The van der Waals surface area contributed by atoms with Gasteiger partial charge in [0.05, 0.1) is 6.61 Å². The van der Waals surface area contributed by atoms with E-state index in [1.54, 1.807) is 0 Å². The van der Waals surface area contributed by atoms with Crippen molar-refractivity contribution in [1.82, 2.24) is 10.1 Å². The lowest BCUT2D eigenvalue weighted by atomic mass is 10.2. The van der Waals surface area contributed by atoms with Gasteiger partial charge in [0.25, 0.3) is 0 Å². The van der Waals surface area contributed by atoms with Gasteiger partial charge in [-0.25, -0.2) is 0 Å². The molecule has 1 aromatic carbocycles. The van der Waals surface area contributed by atoms with Crippen LogP contribution >= 0.6 is 0 Å². The van der Waals surface area contributed by atoms with E-state index in [0.717, 1.165) is 0 Å².